The molecule has 1 aromatic rings. The first kappa shape index (κ1) is 8.13. The van der Waals surface area contributed by atoms with Crippen LogP contribution in [0.4, 0.5) is 0 Å². The molecule has 0 radical (unpaired) electrons. The van der Waals surface area contributed by atoms with Crippen molar-refractivity contribution in [3.8, 4) is 0 Å². The van der Waals surface area contributed by atoms with Gasteiger partial charge < -0.3 is 5.11 Å². The third kappa shape index (κ3) is 1.74. The lowest BCUT2D eigenvalue weighted by atomic mass is 10.3. The summed E-state index contributed by atoms with van der Waals surface area (Å²) < 4.78 is 0.317. The average molecular weight is 217 g/mol. The van der Waals surface area contributed by atoms with Gasteiger partial charge in [0.05, 0.1) is 0 Å². The Hall–Kier alpha value is -0.970. The van der Waals surface area contributed by atoms with Gasteiger partial charge in [-0.05, 0) is 22.9 Å². The van der Waals surface area contributed by atoms with Crippen molar-refractivity contribution in [3.63, 3.8) is 0 Å². The minimum absolute atomic E-state index is 0.0793. The molecule has 0 aromatic carbocycles. The average Bonchev–Trinajstić information content (AvgIpc) is 1.85. The van der Waals surface area contributed by atoms with E-state index < -0.39 is 5.97 Å². The number of carboxylic acids is 1. The van der Waals surface area contributed by atoms with Gasteiger partial charge in [0.2, 0.25) is 0 Å². The molecule has 0 aliphatic carbocycles. The molecule has 4 nitrogen and oxygen atoms in total. The van der Waals surface area contributed by atoms with Crippen LogP contribution >= 0.6 is 15.9 Å². The topological polar surface area (TPSA) is 63.1 Å². The summed E-state index contributed by atoms with van der Waals surface area (Å²) >= 11 is 3.02. The molecule has 1 aromatic heterocycles. The highest BCUT2D eigenvalue weighted by Crippen LogP contribution is 2.11. The Morgan fingerprint density at radius 1 is 1.73 bits per heavy atom. The molecule has 0 spiro atoms. The van der Waals surface area contributed by atoms with Gasteiger partial charge in [-0.1, -0.05) is 0 Å². The molecule has 0 aliphatic rings. The zero-order valence-electron chi connectivity index (χ0n) is 5.71. The third-order valence-electron chi connectivity index (χ3n) is 1.09. The molecule has 0 aliphatic heterocycles. The summed E-state index contributed by atoms with van der Waals surface area (Å²) in [5, 5.41) is 8.55. The molecule has 0 atom stereocenters. The van der Waals surface area contributed by atoms with Crippen molar-refractivity contribution in [1.82, 2.24) is 9.97 Å². The number of aryl methyl sites for hydroxylation is 1. The van der Waals surface area contributed by atoms with Gasteiger partial charge in [-0.25, -0.2) is 14.8 Å². The zero-order chi connectivity index (χ0) is 8.43. The Balaban J connectivity index is 3.20. The van der Waals surface area contributed by atoms with Crippen LogP contribution in [0.1, 0.15) is 16.2 Å². The number of carbonyl (C=O) groups is 1. The minimum Gasteiger partial charge on any atom is -0.478 e. The van der Waals surface area contributed by atoms with Crippen LogP contribution in [0.5, 0.6) is 0 Å². The van der Waals surface area contributed by atoms with Gasteiger partial charge in [0.25, 0.3) is 0 Å². The smallest absolute Gasteiger partial charge is 0.340 e. The molecule has 0 bridgehead atoms. The van der Waals surface area contributed by atoms with Crippen molar-refractivity contribution < 1.29 is 9.90 Å². The summed E-state index contributed by atoms with van der Waals surface area (Å²) in [6.45, 7) is 1.69. The summed E-state index contributed by atoms with van der Waals surface area (Å²) in [6, 6.07) is 0. The van der Waals surface area contributed by atoms with Crippen molar-refractivity contribution >= 4 is 21.9 Å². The fourth-order valence-electron chi connectivity index (χ4n) is 0.586. The fourth-order valence-corrected chi connectivity index (χ4v) is 1.11. The van der Waals surface area contributed by atoms with E-state index >= 15 is 0 Å². The molecule has 1 heterocycles. The van der Waals surface area contributed by atoms with Gasteiger partial charge in [0.15, 0.2) is 0 Å². The predicted octanol–water partition coefficient (Wildman–Crippen LogP) is 1.25. The molecule has 5 heteroatoms. The molecular weight excluding hydrogens is 212 g/mol. The van der Waals surface area contributed by atoms with Gasteiger partial charge in [-0.3, -0.25) is 0 Å². The molecular formula is C6H5BrN2O2. The Morgan fingerprint density at radius 2 is 2.36 bits per heavy atom. The Morgan fingerprint density at radius 3 is 2.82 bits per heavy atom. The second kappa shape index (κ2) is 2.96. The van der Waals surface area contributed by atoms with Gasteiger partial charge >= 0.3 is 5.97 Å². The normalized spacial score (nSPS) is 9.64. The molecule has 0 amide bonds. The molecule has 0 saturated heterocycles. The number of hydrogen-bond acceptors (Lipinski definition) is 3. The lowest BCUT2D eigenvalue weighted by Crippen LogP contribution is -2.01. The first-order valence-electron chi connectivity index (χ1n) is 2.83. The van der Waals surface area contributed by atoms with E-state index in [1.165, 1.54) is 6.20 Å². The first-order chi connectivity index (χ1) is 5.11. The number of halogens is 1. The highest BCUT2D eigenvalue weighted by Gasteiger charge is 2.08. The second-order valence-electron chi connectivity index (χ2n) is 1.93. The first-order valence-corrected chi connectivity index (χ1v) is 3.63. The maximum absolute atomic E-state index is 10.4. The minimum atomic E-state index is -1.03. The monoisotopic (exact) mass is 216 g/mol. The Kier molecular flexibility index (Phi) is 2.19. The number of hydrogen-bond donors (Lipinski definition) is 1. The molecule has 0 fully saturated rings. The predicted molar refractivity (Wildman–Crippen MR) is 41.4 cm³/mol. The molecule has 58 valence electrons. The van der Waals surface area contributed by atoms with E-state index in [4.69, 9.17) is 5.11 Å². The standard InChI is InChI=1S/C6H5BrN2O2/c1-3-8-2-4(6(10)11)5(7)9-3/h2H,1H3,(H,10,11). The van der Waals surface area contributed by atoms with Crippen molar-refractivity contribution in [3.05, 3.63) is 22.2 Å². The highest BCUT2D eigenvalue weighted by atomic mass is 79.9. The Labute approximate surface area is 71.4 Å². The van der Waals surface area contributed by atoms with E-state index in [1.807, 2.05) is 0 Å². The lowest BCUT2D eigenvalue weighted by molar-refractivity contribution is 0.0695. The van der Waals surface area contributed by atoms with E-state index in [0.29, 0.717) is 10.4 Å². The van der Waals surface area contributed by atoms with Crippen LogP contribution in [0.3, 0.4) is 0 Å². The second-order valence-corrected chi connectivity index (χ2v) is 2.68. The van der Waals surface area contributed by atoms with Crippen LogP contribution in [-0.2, 0) is 0 Å². The SMILES string of the molecule is Cc1ncc(C(=O)O)c(Br)n1. The summed E-state index contributed by atoms with van der Waals surface area (Å²) in [7, 11) is 0. The van der Waals surface area contributed by atoms with Crippen LogP contribution in [0.25, 0.3) is 0 Å². The molecule has 11 heavy (non-hydrogen) atoms. The van der Waals surface area contributed by atoms with Crippen LogP contribution in [-0.4, -0.2) is 21.0 Å². The highest BCUT2D eigenvalue weighted by molar-refractivity contribution is 9.10. The van der Waals surface area contributed by atoms with Crippen LogP contribution in [0.2, 0.25) is 0 Å². The number of aromatic carboxylic acids is 1. The van der Waals surface area contributed by atoms with E-state index in [9.17, 15) is 4.79 Å². The molecule has 0 saturated carbocycles. The maximum Gasteiger partial charge on any atom is 0.340 e. The van der Waals surface area contributed by atoms with Gasteiger partial charge in [0.1, 0.15) is 16.0 Å². The quantitative estimate of drug-likeness (QED) is 0.719. The largest absolute Gasteiger partial charge is 0.478 e. The molecule has 1 N–H and O–H groups in total. The summed E-state index contributed by atoms with van der Waals surface area (Å²) in [4.78, 5) is 18.0. The van der Waals surface area contributed by atoms with Crippen LogP contribution < -0.4 is 0 Å². The summed E-state index contributed by atoms with van der Waals surface area (Å²) in [5.41, 5.74) is 0.0793. The van der Waals surface area contributed by atoms with Gasteiger partial charge in [-0.15, -0.1) is 0 Å². The van der Waals surface area contributed by atoms with Crippen LogP contribution in [0, 0.1) is 6.92 Å². The van der Waals surface area contributed by atoms with E-state index in [1.54, 1.807) is 6.92 Å². The van der Waals surface area contributed by atoms with Crippen molar-refractivity contribution in [2.24, 2.45) is 0 Å². The zero-order valence-corrected chi connectivity index (χ0v) is 7.29. The van der Waals surface area contributed by atoms with Gasteiger partial charge in [-0.2, -0.15) is 0 Å². The van der Waals surface area contributed by atoms with Crippen molar-refractivity contribution in [2.45, 2.75) is 6.92 Å². The summed E-state index contributed by atoms with van der Waals surface area (Å²) in [6.07, 6.45) is 1.27. The van der Waals surface area contributed by atoms with Gasteiger partial charge in [0, 0.05) is 6.20 Å². The number of carboxylic acid groups (broad SMARTS) is 1. The number of nitrogens with zero attached hydrogens (tertiary/aromatic N) is 2. The van der Waals surface area contributed by atoms with E-state index in [-0.39, 0.29) is 5.56 Å². The molecule has 0 unspecified atom stereocenters. The Bertz CT molecular complexity index is 301. The van der Waals surface area contributed by atoms with E-state index in [0.717, 1.165) is 0 Å². The van der Waals surface area contributed by atoms with Crippen molar-refractivity contribution in [1.29, 1.82) is 0 Å². The molecule has 1 rings (SSSR count). The summed E-state index contributed by atoms with van der Waals surface area (Å²) in [5.74, 6) is -0.487. The maximum atomic E-state index is 10.4. The van der Waals surface area contributed by atoms with Crippen molar-refractivity contribution in [2.75, 3.05) is 0 Å². The third-order valence-corrected chi connectivity index (χ3v) is 1.70. The number of aromatic nitrogens is 2. The fraction of sp³-hybridized carbons (Fsp3) is 0.167. The van der Waals surface area contributed by atoms with Crippen LogP contribution in [0.15, 0.2) is 10.8 Å². The lowest BCUT2D eigenvalue weighted by Gasteiger charge is -1.96. The van der Waals surface area contributed by atoms with E-state index in [2.05, 4.69) is 25.9 Å². The number of rotatable bonds is 1.